The maximum Gasteiger partial charge on any atom is 0.142 e. The zero-order chi connectivity index (χ0) is 25.1. The van der Waals surface area contributed by atoms with Crippen LogP contribution in [0.5, 0.6) is 0 Å². The van der Waals surface area contributed by atoms with Crippen LogP contribution in [-0.4, -0.2) is 37.0 Å². The molecule has 5 rings (SSSR count). The second-order valence-corrected chi connectivity index (χ2v) is 9.94. The Morgan fingerprint density at radius 1 is 1.19 bits per heavy atom. The molecule has 2 aliphatic heterocycles. The lowest BCUT2D eigenvalue weighted by Crippen LogP contribution is -2.30. The minimum absolute atomic E-state index is 0.0535. The van der Waals surface area contributed by atoms with E-state index in [2.05, 4.69) is 53.7 Å². The number of ketones is 1. The number of ether oxygens (including phenoxy) is 2. The summed E-state index contributed by atoms with van der Waals surface area (Å²) in [5, 5.41) is 3.36. The molecule has 0 amide bonds. The van der Waals surface area contributed by atoms with Crippen molar-refractivity contribution in [2.45, 2.75) is 39.2 Å². The van der Waals surface area contributed by atoms with Crippen LogP contribution >= 0.6 is 0 Å². The standard InChI is InChI=1S/C30H33N3O3/c1-19-14-23(6-9-30(19)36-24-7-5-22-10-12-32-28(22)17-24)33-27-11-13-31-26-8-4-21(15-25(26)27)16-29(34)20(2)18-35-3/h4-13,17,20,22-23,25,31H,14-16,18H2,1-3H3. The molecule has 3 aliphatic carbocycles. The monoisotopic (exact) mass is 483 g/mol. The minimum atomic E-state index is -0.0959. The van der Waals surface area contributed by atoms with Gasteiger partial charge in [0.05, 0.1) is 18.4 Å². The van der Waals surface area contributed by atoms with Crippen molar-refractivity contribution in [3.8, 4) is 0 Å². The topological polar surface area (TPSA) is 72.3 Å². The number of Topliss-reactive ketones (excluding diaryl/α,β-unsaturated/α-hetero) is 1. The van der Waals surface area contributed by atoms with Crippen molar-refractivity contribution in [3.63, 3.8) is 0 Å². The fraction of sp³-hybridized carbons (Fsp3) is 0.367. The molecule has 5 aliphatic rings. The lowest BCUT2D eigenvalue weighted by Gasteiger charge is -2.29. The molecule has 6 heteroatoms. The highest BCUT2D eigenvalue weighted by Crippen LogP contribution is 2.32. The molecule has 0 bridgehead atoms. The zero-order valence-corrected chi connectivity index (χ0v) is 21.1. The first-order valence-corrected chi connectivity index (χ1v) is 12.6. The van der Waals surface area contributed by atoms with Crippen molar-refractivity contribution in [2.24, 2.45) is 27.7 Å². The van der Waals surface area contributed by atoms with Crippen molar-refractivity contribution in [3.05, 3.63) is 95.4 Å². The van der Waals surface area contributed by atoms with Gasteiger partial charge in [-0.1, -0.05) is 36.8 Å². The van der Waals surface area contributed by atoms with E-state index < -0.39 is 0 Å². The number of fused-ring (bicyclic) bond motifs is 2. The number of nitrogens with zero attached hydrogens (tertiary/aromatic N) is 2. The predicted octanol–water partition coefficient (Wildman–Crippen LogP) is 5.27. The van der Waals surface area contributed by atoms with Gasteiger partial charge in [0.25, 0.3) is 0 Å². The first-order valence-electron chi connectivity index (χ1n) is 12.6. The third kappa shape index (κ3) is 5.34. The average molecular weight is 484 g/mol. The predicted molar refractivity (Wildman–Crippen MR) is 143 cm³/mol. The summed E-state index contributed by atoms with van der Waals surface area (Å²) in [4.78, 5) is 22.1. The van der Waals surface area contributed by atoms with Crippen LogP contribution in [0.1, 0.15) is 33.1 Å². The fourth-order valence-electron chi connectivity index (χ4n) is 5.03. The van der Waals surface area contributed by atoms with Gasteiger partial charge in [0.1, 0.15) is 17.3 Å². The van der Waals surface area contributed by atoms with Gasteiger partial charge in [-0.25, -0.2) is 0 Å². The van der Waals surface area contributed by atoms with E-state index in [1.165, 1.54) is 5.57 Å². The van der Waals surface area contributed by atoms with Crippen LogP contribution in [0.3, 0.4) is 0 Å². The largest absolute Gasteiger partial charge is 0.457 e. The van der Waals surface area contributed by atoms with E-state index >= 15 is 0 Å². The van der Waals surface area contributed by atoms with Crippen molar-refractivity contribution >= 4 is 17.2 Å². The maximum absolute atomic E-state index is 12.6. The quantitative estimate of drug-likeness (QED) is 0.510. The van der Waals surface area contributed by atoms with E-state index in [1.54, 1.807) is 7.11 Å². The number of nitrogens with one attached hydrogen (secondary N) is 1. The van der Waals surface area contributed by atoms with E-state index in [-0.39, 0.29) is 29.6 Å². The van der Waals surface area contributed by atoms with Gasteiger partial charge in [-0.15, -0.1) is 0 Å². The third-order valence-electron chi connectivity index (χ3n) is 7.13. The summed E-state index contributed by atoms with van der Waals surface area (Å²) in [6, 6.07) is 0.0535. The zero-order valence-electron chi connectivity index (χ0n) is 21.1. The first-order chi connectivity index (χ1) is 17.5. The maximum atomic E-state index is 12.6. The summed E-state index contributed by atoms with van der Waals surface area (Å²) in [5.41, 5.74) is 5.51. The summed E-state index contributed by atoms with van der Waals surface area (Å²) < 4.78 is 11.3. The van der Waals surface area contributed by atoms with Crippen molar-refractivity contribution < 1.29 is 14.3 Å². The molecule has 0 aromatic rings. The highest BCUT2D eigenvalue weighted by Gasteiger charge is 2.28. The molecule has 1 N–H and O–H groups in total. The smallest absolute Gasteiger partial charge is 0.142 e. The SMILES string of the molecule is COCC(C)C(=O)CC1=CC=C2NC=CC(=NC3C=CC(OC4=CC5=NC=CC5C=C4)=C(C)C3)C2C1. The van der Waals surface area contributed by atoms with Gasteiger partial charge in [-0.3, -0.25) is 14.8 Å². The Morgan fingerprint density at radius 2 is 2.08 bits per heavy atom. The molecule has 2 heterocycles. The number of carbonyl (C=O) groups excluding carboxylic acids is 1. The molecule has 4 unspecified atom stereocenters. The Balaban J connectivity index is 1.24. The minimum Gasteiger partial charge on any atom is -0.457 e. The molecule has 4 atom stereocenters. The Labute approximate surface area is 213 Å². The number of rotatable bonds is 8. The number of hydrogen-bond acceptors (Lipinski definition) is 6. The number of carbonyl (C=O) groups is 1. The molecule has 0 saturated heterocycles. The van der Waals surface area contributed by atoms with Gasteiger partial charge >= 0.3 is 0 Å². The van der Waals surface area contributed by atoms with Crippen molar-refractivity contribution in [1.82, 2.24) is 5.32 Å². The van der Waals surface area contributed by atoms with Crippen LogP contribution < -0.4 is 5.32 Å². The van der Waals surface area contributed by atoms with Gasteiger partial charge in [-0.2, -0.15) is 0 Å². The lowest BCUT2D eigenvalue weighted by atomic mass is 9.83. The van der Waals surface area contributed by atoms with Crippen molar-refractivity contribution in [2.75, 3.05) is 13.7 Å². The molecule has 0 saturated carbocycles. The van der Waals surface area contributed by atoms with Gasteiger partial charge in [0.15, 0.2) is 0 Å². The van der Waals surface area contributed by atoms with Gasteiger partial charge < -0.3 is 14.8 Å². The van der Waals surface area contributed by atoms with Crippen LogP contribution in [0, 0.1) is 17.8 Å². The second-order valence-electron chi connectivity index (χ2n) is 9.94. The van der Waals surface area contributed by atoms with E-state index in [9.17, 15) is 4.79 Å². The molecule has 0 radical (unpaired) electrons. The highest BCUT2D eigenvalue weighted by atomic mass is 16.5. The number of allylic oxidation sites excluding steroid dienone is 10. The van der Waals surface area contributed by atoms with Crippen LogP contribution in [0.2, 0.25) is 0 Å². The summed E-state index contributed by atoms with van der Waals surface area (Å²) >= 11 is 0. The van der Waals surface area contributed by atoms with E-state index in [1.807, 2.05) is 37.6 Å². The van der Waals surface area contributed by atoms with Crippen LogP contribution in [0.25, 0.3) is 0 Å². The molecule has 186 valence electrons. The third-order valence-corrected chi connectivity index (χ3v) is 7.13. The van der Waals surface area contributed by atoms with E-state index in [4.69, 9.17) is 14.5 Å². The Kier molecular flexibility index (Phi) is 7.14. The number of methoxy groups -OCH3 is 1. The Morgan fingerprint density at radius 3 is 2.92 bits per heavy atom. The first kappa shape index (κ1) is 24.2. The average Bonchev–Trinajstić information content (AvgIpc) is 3.34. The van der Waals surface area contributed by atoms with Crippen LogP contribution in [0.4, 0.5) is 0 Å². The molecule has 0 aromatic heterocycles. The summed E-state index contributed by atoms with van der Waals surface area (Å²) in [7, 11) is 1.63. The Hall–Kier alpha value is -3.51. The summed E-state index contributed by atoms with van der Waals surface area (Å²) in [5.74, 6) is 2.22. The van der Waals surface area contributed by atoms with Gasteiger partial charge in [0, 0.05) is 61.2 Å². The molecule has 6 nitrogen and oxygen atoms in total. The fourth-order valence-corrected chi connectivity index (χ4v) is 5.03. The summed E-state index contributed by atoms with van der Waals surface area (Å²) in [6.45, 7) is 4.49. The number of hydrogen-bond donors (Lipinski definition) is 1. The molecule has 0 fully saturated rings. The van der Waals surface area contributed by atoms with E-state index in [0.717, 1.165) is 47.1 Å². The summed E-state index contributed by atoms with van der Waals surface area (Å²) in [6.07, 6.45) is 24.5. The highest BCUT2D eigenvalue weighted by molar-refractivity contribution is 6.02. The molecule has 0 spiro atoms. The second kappa shape index (κ2) is 10.6. The van der Waals surface area contributed by atoms with Gasteiger partial charge in [-0.05, 0) is 49.6 Å². The van der Waals surface area contributed by atoms with Gasteiger partial charge in [0.2, 0.25) is 0 Å². The Bertz CT molecular complexity index is 1240. The lowest BCUT2D eigenvalue weighted by molar-refractivity contribution is -0.123. The van der Waals surface area contributed by atoms with E-state index in [0.29, 0.717) is 13.0 Å². The number of aliphatic imine (C=N–C) groups is 2. The normalized spacial score (nSPS) is 28.1. The molecule has 0 aromatic carbocycles. The van der Waals surface area contributed by atoms with Crippen LogP contribution in [-0.2, 0) is 14.3 Å². The van der Waals surface area contributed by atoms with Crippen molar-refractivity contribution in [1.29, 1.82) is 0 Å². The molecular formula is C30H33N3O3. The molecule has 36 heavy (non-hydrogen) atoms. The van der Waals surface area contributed by atoms with Crippen LogP contribution in [0.15, 0.2) is 105 Å². The molecular weight excluding hydrogens is 450 g/mol.